The second kappa shape index (κ2) is 8.51. The lowest BCUT2D eigenvalue weighted by molar-refractivity contribution is -0.138. The van der Waals surface area contributed by atoms with Crippen LogP contribution in [0.3, 0.4) is 0 Å². The Bertz CT molecular complexity index is 1350. The first-order valence-electron chi connectivity index (χ1n) is 10.3. The highest BCUT2D eigenvalue weighted by atomic mass is 32.2. The lowest BCUT2D eigenvalue weighted by Gasteiger charge is -2.29. The molecular weight excluding hydrogens is 498 g/mol. The van der Waals surface area contributed by atoms with Crippen molar-refractivity contribution >= 4 is 27.5 Å². The molecule has 5 nitrogen and oxygen atoms in total. The van der Waals surface area contributed by atoms with Crippen molar-refractivity contribution in [2.45, 2.75) is 25.3 Å². The van der Waals surface area contributed by atoms with Gasteiger partial charge in [0.2, 0.25) is 5.91 Å². The van der Waals surface area contributed by atoms with Crippen LogP contribution in [0.5, 0.6) is 0 Å². The van der Waals surface area contributed by atoms with Gasteiger partial charge in [-0.3, -0.25) is 4.79 Å². The molecule has 1 saturated heterocycles. The number of amides is 1. The Morgan fingerprint density at radius 1 is 1.00 bits per heavy atom. The van der Waals surface area contributed by atoms with Crippen molar-refractivity contribution in [3.05, 3.63) is 76.4 Å². The number of benzene rings is 2. The van der Waals surface area contributed by atoms with E-state index in [4.69, 9.17) is 0 Å². The topological polar surface area (TPSA) is 66.8 Å². The molecule has 0 bridgehead atoms. The Morgan fingerprint density at radius 2 is 1.60 bits per heavy atom. The van der Waals surface area contributed by atoms with Crippen LogP contribution < -0.4 is 0 Å². The fourth-order valence-corrected chi connectivity index (χ4v) is 6.06. The molecule has 4 rings (SSSR count). The molecule has 0 aromatic heterocycles. The van der Waals surface area contributed by atoms with E-state index in [1.807, 2.05) is 0 Å². The van der Waals surface area contributed by atoms with E-state index in [0.29, 0.717) is 0 Å². The quantitative estimate of drug-likeness (QED) is 0.521. The highest BCUT2D eigenvalue weighted by Crippen LogP contribution is 2.43. The van der Waals surface area contributed by atoms with Crippen LogP contribution in [0, 0.1) is 5.92 Å². The summed E-state index contributed by atoms with van der Waals surface area (Å²) in [6, 6.07) is 7.35. The number of nitrogens with zero attached hydrogens (tertiary/aromatic N) is 2. The highest BCUT2D eigenvalue weighted by Gasteiger charge is 2.47. The largest absolute Gasteiger partial charge is 0.416 e. The molecule has 0 N–H and O–H groups in total. The molecule has 2 atom stereocenters. The maximum atomic E-state index is 13.3. The van der Waals surface area contributed by atoms with Gasteiger partial charge in [-0.05, 0) is 47.0 Å². The molecule has 2 unspecified atom stereocenters. The van der Waals surface area contributed by atoms with Crippen LogP contribution >= 0.6 is 0 Å². The first-order chi connectivity index (χ1) is 16.2. The summed E-state index contributed by atoms with van der Waals surface area (Å²) in [6.45, 7) is 1.15. The third-order valence-electron chi connectivity index (χ3n) is 5.78. The van der Waals surface area contributed by atoms with E-state index in [1.165, 1.54) is 24.3 Å². The van der Waals surface area contributed by atoms with Crippen molar-refractivity contribution in [1.29, 1.82) is 0 Å². The summed E-state index contributed by atoms with van der Waals surface area (Å²) in [6.07, 6.45) is -8.02. The molecule has 0 saturated carbocycles. The Hall–Kier alpha value is -3.15. The van der Waals surface area contributed by atoms with Crippen LogP contribution in [0.25, 0.3) is 6.08 Å². The number of carbonyl (C=O) groups is 1. The molecule has 2 heterocycles. The first kappa shape index (κ1) is 25.0. The number of halogens is 6. The summed E-state index contributed by atoms with van der Waals surface area (Å²) >= 11 is 0. The zero-order valence-corrected chi connectivity index (χ0v) is 18.9. The van der Waals surface area contributed by atoms with Crippen molar-refractivity contribution in [3.8, 4) is 0 Å². The molecule has 2 aromatic rings. The summed E-state index contributed by atoms with van der Waals surface area (Å²) < 4.78 is 105. The molecule has 1 fully saturated rings. The maximum absolute atomic E-state index is 13.3. The minimum absolute atomic E-state index is 0.0503. The number of carbonyl (C=O) groups excluding carboxylic acids is 1. The molecule has 1 amide bonds. The molecule has 35 heavy (non-hydrogen) atoms. The summed E-state index contributed by atoms with van der Waals surface area (Å²) in [5, 5.41) is 5.18. The number of hydrazone groups is 1. The van der Waals surface area contributed by atoms with Crippen molar-refractivity contribution in [1.82, 2.24) is 5.01 Å². The van der Waals surface area contributed by atoms with Crippen LogP contribution in [0.15, 0.2) is 59.2 Å². The molecule has 0 radical (unpaired) electrons. The van der Waals surface area contributed by atoms with E-state index >= 15 is 0 Å². The molecule has 0 aliphatic carbocycles. The second-order valence-corrected chi connectivity index (χ2v) is 10.5. The Morgan fingerprint density at radius 3 is 2.20 bits per heavy atom. The molecule has 186 valence electrons. The predicted octanol–water partition coefficient (Wildman–Crippen LogP) is 5.11. The zero-order chi connectivity index (χ0) is 25.8. The molecular formula is C23H18F6N2O3S. The van der Waals surface area contributed by atoms with Crippen LogP contribution in [0.1, 0.15) is 35.2 Å². The number of sulfone groups is 1. The number of alkyl halides is 6. The van der Waals surface area contributed by atoms with Gasteiger partial charge in [-0.2, -0.15) is 31.4 Å². The standard InChI is InChI=1S/C23H18F6N2O3S/c1-13(32)31-21(15-5-3-7-18(10-15)23(27,28)29)19-12-35(33,34)11-16(20(19)30-31)8-14-4-2-6-17(9-14)22(24,25)26/h2-10,19,21H,11-12H2,1H3/b16-8+. The van der Waals surface area contributed by atoms with Gasteiger partial charge in [-0.15, -0.1) is 0 Å². The molecule has 0 spiro atoms. The first-order valence-corrected chi connectivity index (χ1v) is 12.1. The monoisotopic (exact) mass is 516 g/mol. The fraction of sp³-hybridized carbons (Fsp3) is 0.304. The lowest BCUT2D eigenvalue weighted by atomic mass is 9.87. The van der Waals surface area contributed by atoms with E-state index in [1.54, 1.807) is 0 Å². The summed E-state index contributed by atoms with van der Waals surface area (Å²) in [4.78, 5) is 12.3. The third kappa shape index (κ3) is 5.12. The summed E-state index contributed by atoms with van der Waals surface area (Å²) in [5.41, 5.74) is -1.54. The molecule has 2 aliphatic rings. The molecule has 2 aliphatic heterocycles. The SMILES string of the molecule is CC(=O)N1N=C2/C(=C/c3cccc(C(F)(F)F)c3)CS(=O)(=O)CC2C1c1cccc(C(F)(F)F)c1. The van der Waals surface area contributed by atoms with Gasteiger partial charge < -0.3 is 0 Å². The second-order valence-electron chi connectivity index (χ2n) is 8.37. The normalized spacial score (nSPS) is 23.2. The maximum Gasteiger partial charge on any atom is 0.416 e. The van der Waals surface area contributed by atoms with Crippen molar-refractivity contribution in [2.24, 2.45) is 11.0 Å². The van der Waals surface area contributed by atoms with Crippen molar-refractivity contribution in [3.63, 3.8) is 0 Å². The zero-order valence-electron chi connectivity index (χ0n) is 18.1. The Labute approximate surface area is 196 Å². The van der Waals surface area contributed by atoms with E-state index in [9.17, 15) is 39.6 Å². The smallest absolute Gasteiger partial charge is 0.273 e. The van der Waals surface area contributed by atoms with Crippen molar-refractivity contribution in [2.75, 3.05) is 11.5 Å². The number of hydrogen-bond donors (Lipinski definition) is 0. The Kier molecular flexibility index (Phi) is 6.06. The number of fused-ring (bicyclic) bond motifs is 1. The highest BCUT2D eigenvalue weighted by molar-refractivity contribution is 7.91. The average molecular weight is 516 g/mol. The van der Waals surface area contributed by atoms with Crippen molar-refractivity contribution < 1.29 is 39.6 Å². The van der Waals surface area contributed by atoms with E-state index < -0.39 is 62.7 Å². The van der Waals surface area contributed by atoms with Crippen LogP contribution in [0.2, 0.25) is 0 Å². The lowest BCUT2D eigenvalue weighted by Crippen LogP contribution is -2.38. The molecule has 12 heteroatoms. The molecule has 2 aromatic carbocycles. The van der Waals surface area contributed by atoms with E-state index in [2.05, 4.69) is 5.10 Å². The van der Waals surface area contributed by atoms with Crippen LogP contribution in [-0.2, 0) is 27.0 Å². The van der Waals surface area contributed by atoms with E-state index in [0.717, 1.165) is 42.3 Å². The van der Waals surface area contributed by atoms with Gasteiger partial charge in [0.1, 0.15) is 0 Å². The van der Waals surface area contributed by atoms with Gasteiger partial charge in [0, 0.05) is 12.8 Å². The van der Waals surface area contributed by atoms with Gasteiger partial charge in [-0.1, -0.05) is 24.3 Å². The van der Waals surface area contributed by atoms with Crippen LogP contribution in [0.4, 0.5) is 26.3 Å². The third-order valence-corrected chi connectivity index (χ3v) is 7.40. The summed E-state index contributed by atoms with van der Waals surface area (Å²) in [5.74, 6) is -2.61. The van der Waals surface area contributed by atoms with Gasteiger partial charge >= 0.3 is 12.4 Å². The Balaban J connectivity index is 1.82. The van der Waals surface area contributed by atoms with Crippen LogP contribution in [-0.4, -0.2) is 36.6 Å². The predicted molar refractivity (Wildman–Crippen MR) is 116 cm³/mol. The van der Waals surface area contributed by atoms with Gasteiger partial charge in [0.05, 0.1) is 34.4 Å². The average Bonchev–Trinajstić information content (AvgIpc) is 3.11. The minimum Gasteiger partial charge on any atom is -0.273 e. The number of rotatable bonds is 2. The number of hydrogen-bond acceptors (Lipinski definition) is 4. The fourth-order valence-electron chi connectivity index (χ4n) is 4.35. The van der Waals surface area contributed by atoms with Gasteiger partial charge in [0.25, 0.3) is 0 Å². The summed E-state index contributed by atoms with van der Waals surface area (Å²) in [7, 11) is -3.80. The van der Waals surface area contributed by atoms with Gasteiger partial charge in [-0.25, -0.2) is 13.4 Å². The van der Waals surface area contributed by atoms with Gasteiger partial charge in [0.15, 0.2) is 9.84 Å². The van der Waals surface area contributed by atoms with E-state index in [-0.39, 0.29) is 22.4 Å². The minimum atomic E-state index is -4.66.